The smallest absolute Gasteiger partial charge is 0.255 e. The number of carbonyl (C=O) groups is 1. The van der Waals surface area contributed by atoms with Crippen molar-refractivity contribution >= 4 is 5.91 Å². The number of para-hydroxylation sites is 1. The number of carbonyl (C=O) groups excluding carboxylic acids is 1. The van der Waals surface area contributed by atoms with Gasteiger partial charge < -0.3 is 10.4 Å². The molecule has 1 aromatic heterocycles. The van der Waals surface area contributed by atoms with Crippen LogP contribution >= 0.6 is 0 Å². The third kappa shape index (κ3) is 2.82. The highest BCUT2D eigenvalue weighted by atomic mass is 16.3. The van der Waals surface area contributed by atoms with Crippen LogP contribution in [0.25, 0.3) is 0 Å². The zero-order chi connectivity index (χ0) is 14.7. The highest BCUT2D eigenvalue weighted by molar-refractivity contribution is 5.96. The van der Waals surface area contributed by atoms with Gasteiger partial charge in [0.2, 0.25) is 0 Å². The molecule has 0 aliphatic heterocycles. The van der Waals surface area contributed by atoms with Gasteiger partial charge in [-0.05, 0) is 38.0 Å². The minimum absolute atomic E-state index is 0.00117. The minimum atomic E-state index is -0.262. The molecule has 0 aliphatic rings. The third-order valence-corrected chi connectivity index (χ3v) is 3.47. The van der Waals surface area contributed by atoms with E-state index in [0.717, 1.165) is 23.4 Å². The molecule has 2 aromatic rings. The summed E-state index contributed by atoms with van der Waals surface area (Å²) < 4.78 is 1.84. The molecule has 5 nitrogen and oxygen atoms in total. The molecular formula is C15H19N3O2. The van der Waals surface area contributed by atoms with Crippen LogP contribution in [0.3, 0.4) is 0 Å². The number of benzene rings is 1. The van der Waals surface area contributed by atoms with Gasteiger partial charge in [0.05, 0.1) is 11.3 Å². The van der Waals surface area contributed by atoms with Gasteiger partial charge in [0, 0.05) is 19.3 Å². The summed E-state index contributed by atoms with van der Waals surface area (Å²) in [5.74, 6) is -0.263. The van der Waals surface area contributed by atoms with E-state index in [1.165, 1.54) is 6.07 Å². The van der Waals surface area contributed by atoms with Gasteiger partial charge in [-0.25, -0.2) is 0 Å². The van der Waals surface area contributed by atoms with Crippen LogP contribution in [-0.4, -0.2) is 27.3 Å². The average molecular weight is 273 g/mol. The Morgan fingerprint density at radius 3 is 2.65 bits per heavy atom. The maximum Gasteiger partial charge on any atom is 0.255 e. The van der Waals surface area contributed by atoms with Gasteiger partial charge in [-0.1, -0.05) is 12.1 Å². The van der Waals surface area contributed by atoms with E-state index in [0.29, 0.717) is 12.1 Å². The molecule has 1 amide bonds. The predicted molar refractivity (Wildman–Crippen MR) is 76.8 cm³/mol. The molecule has 2 N–H and O–H groups in total. The normalized spacial score (nSPS) is 10.6. The van der Waals surface area contributed by atoms with Gasteiger partial charge in [-0.15, -0.1) is 0 Å². The standard InChI is InChI=1S/C15H19N3O2/c1-10-12(11(2)18(3)17-10)8-9-16-15(20)13-6-4-5-7-14(13)19/h4-7,19H,8-9H2,1-3H3,(H,16,20). The lowest BCUT2D eigenvalue weighted by molar-refractivity contribution is 0.0951. The van der Waals surface area contributed by atoms with Crippen molar-refractivity contribution in [3.8, 4) is 5.75 Å². The summed E-state index contributed by atoms with van der Waals surface area (Å²) in [6, 6.07) is 6.52. The molecule has 106 valence electrons. The summed E-state index contributed by atoms with van der Waals surface area (Å²) in [7, 11) is 1.91. The Bertz CT molecular complexity index is 632. The number of amides is 1. The summed E-state index contributed by atoms with van der Waals surface area (Å²) in [6.07, 6.45) is 0.727. The molecule has 5 heteroatoms. The zero-order valence-corrected chi connectivity index (χ0v) is 12.0. The number of phenolic OH excluding ortho intramolecular Hbond substituents is 1. The van der Waals surface area contributed by atoms with Crippen molar-refractivity contribution in [1.82, 2.24) is 15.1 Å². The van der Waals surface area contributed by atoms with Crippen LogP contribution in [0, 0.1) is 13.8 Å². The highest BCUT2D eigenvalue weighted by Gasteiger charge is 2.12. The zero-order valence-electron chi connectivity index (χ0n) is 12.0. The van der Waals surface area contributed by atoms with E-state index in [1.54, 1.807) is 18.2 Å². The molecule has 0 radical (unpaired) electrons. The van der Waals surface area contributed by atoms with Gasteiger partial charge in [0.1, 0.15) is 5.75 Å². The first-order chi connectivity index (χ1) is 9.50. The highest BCUT2D eigenvalue weighted by Crippen LogP contribution is 2.15. The van der Waals surface area contributed by atoms with Gasteiger partial charge in [-0.3, -0.25) is 9.48 Å². The van der Waals surface area contributed by atoms with Crippen molar-refractivity contribution < 1.29 is 9.90 Å². The molecule has 0 spiro atoms. The fourth-order valence-corrected chi connectivity index (χ4v) is 2.24. The van der Waals surface area contributed by atoms with E-state index in [-0.39, 0.29) is 11.7 Å². The van der Waals surface area contributed by atoms with Crippen LogP contribution in [-0.2, 0) is 13.5 Å². The van der Waals surface area contributed by atoms with Gasteiger partial charge in [0.15, 0.2) is 0 Å². The maximum absolute atomic E-state index is 11.9. The fourth-order valence-electron chi connectivity index (χ4n) is 2.24. The van der Waals surface area contributed by atoms with E-state index in [2.05, 4.69) is 10.4 Å². The van der Waals surface area contributed by atoms with Crippen molar-refractivity contribution in [1.29, 1.82) is 0 Å². The lowest BCUT2D eigenvalue weighted by Gasteiger charge is -2.07. The number of nitrogens with zero attached hydrogens (tertiary/aromatic N) is 2. The number of phenols is 1. The Balaban J connectivity index is 1.97. The van der Waals surface area contributed by atoms with E-state index in [9.17, 15) is 9.90 Å². The van der Waals surface area contributed by atoms with Gasteiger partial charge >= 0.3 is 0 Å². The summed E-state index contributed by atoms with van der Waals surface area (Å²) in [6.45, 7) is 4.49. The van der Waals surface area contributed by atoms with Crippen LogP contribution in [0.5, 0.6) is 5.75 Å². The number of aromatic hydroxyl groups is 1. The number of aryl methyl sites for hydroxylation is 2. The van der Waals surface area contributed by atoms with Crippen molar-refractivity contribution in [2.45, 2.75) is 20.3 Å². The summed E-state index contributed by atoms with van der Waals surface area (Å²) in [5, 5.41) is 16.8. The Morgan fingerprint density at radius 2 is 2.05 bits per heavy atom. The molecule has 0 atom stereocenters. The molecule has 0 aliphatic carbocycles. The first-order valence-corrected chi connectivity index (χ1v) is 6.56. The van der Waals surface area contributed by atoms with E-state index >= 15 is 0 Å². The fraction of sp³-hybridized carbons (Fsp3) is 0.333. The van der Waals surface area contributed by atoms with Crippen LogP contribution in [0.4, 0.5) is 0 Å². The summed E-state index contributed by atoms with van der Waals surface area (Å²) >= 11 is 0. The SMILES string of the molecule is Cc1nn(C)c(C)c1CCNC(=O)c1ccccc1O. The van der Waals surface area contributed by atoms with Crippen molar-refractivity contribution in [2.75, 3.05) is 6.54 Å². The maximum atomic E-state index is 11.9. The van der Waals surface area contributed by atoms with Crippen LogP contribution in [0.2, 0.25) is 0 Å². The molecule has 0 bridgehead atoms. The van der Waals surface area contributed by atoms with Crippen molar-refractivity contribution in [2.24, 2.45) is 7.05 Å². The lowest BCUT2D eigenvalue weighted by atomic mass is 10.1. The minimum Gasteiger partial charge on any atom is -0.507 e. The summed E-state index contributed by atoms with van der Waals surface area (Å²) in [4.78, 5) is 11.9. The first-order valence-electron chi connectivity index (χ1n) is 6.56. The number of nitrogens with one attached hydrogen (secondary N) is 1. The number of aromatic nitrogens is 2. The topological polar surface area (TPSA) is 67.2 Å². The Kier molecular flexibility index (Phi) is 4.08. The van der Waals surface area contributed by atoms with E-state index in [4.69, 9.17) is 0 Å². The Hall–Kier alpha value is -2.30. The van der Waals surface area contributed by atoms with Crippen molar-refractivity contribution in [3.63, 3.8) is 0 Å². The van der Waals surface area contributed by atoms with Crippen LogP contribution < -0.4 is 5.32 Å². The van der Waals surface area contributed by atoms with E-state index < -0.39 is 0 Å². The van der Waals surface area contributed by atoms with Crippen LogP contribution in [0.15, 0.2) is 24.3 Å². The molecule has 1 aromatic carbocycles. The van der Waals surface area contributed by atoms with Crippen LogP contribution in [0.1, 0.15) is 27.3 Å². The number of hydrogen-bond donors (Lipinski definition) is 2. The van der Waals surface area contributed by atoms with Crippen molar-refractivity contribution in [3.05, 3.63) is 46.8 Å². The molecule has 0 fully saturated rings. The second-order valence-corrected chi connectivity index (χ2v) is 4.80. The lowest BCUT2D eigenvalue weighted by Crippen LogP contribution is -2.26. The molecule has 0 saturated carbocycles. The van der Waals surface area contributed by atoms with Gasteiger partial charge in [0.25, 0.3) is 5.91 Å². The predicted octanol–water partition coefficient (Wildman–Crippen LogP) is 1.72. The number of rotatable bonds is 4. The molecule has 0 unspecified atom stereocenters. The molecule has 20 heavy (non-hydrogen) atoms. The Labute approximate surface area is 118 Å². The first kappa shape index (κ1) is 14.1. The molecule has 0 saturated heterocycles. The second kappa shape index (κ2) is 5.77. The monoisotopic (exact) mass is 273 g/mol. The largest absolute Gasteiger partial charge is 0.507 e. The third-order valence-electron chi connectivity index (χ3n) is 3.47. The molecular weight excluding hydrogens is 254 g/mol. The van der Waals surface area contributed by atoms with Gasteiger partial charge in [-0.2, -0.15) is 5.10 Å². The summed E-state index contributed by atoms with van der Waals surface area (Å²) in [5.41, 5.74) is 3.55. The number of hydrogen-bond acceptors (Lipinski definition) is 3. The average Bonchev–Trinajstić information content (AvgIpc) is 2.65. The Morgan fingerprint density at radius 1 is 1.35 bits per heavy atom. The quantitative estimate of drug-likeness (QED) is 0.891. The second-order valence-electron chi connectivity index (χ2n) is 4.80. The van der Waals surface area contributed by atoms with E-state index in [1.807, 2.05) is 25.6 Å². The molecule has 1 heterocycles. The molecule has 2 rings (SSSR count).